The minimum Gasteiger partial charge on any atom is -0.337 e. The Hall–Kier alpha value is -2.41. The van der Waals surface area contributed by atoms with E-state index >= 15 is 0 Å². The first kappa shape index (κ1) is 19.4. The van der Waals surface area contributed by atoms with Crippen LogP contribution in [0.1, 0.15) is 42.2 Å². The number of hydrogen-bond donors (Lipinski definition) is 0. The van der Waals surface area contributed by atoms with Crippen LogP contribution in [0.3, 0.4) is 0 Å². The summed E-state index contributed by atoms with van der Waals surface area (Å²) < 4.78 is 5.16. The molecule has 0 bridgehead atoms. The van der Waals surface area contributed by atoms with Crippen molar-refractivity contribution in [2.75, 3.05) is 12.8 Å². The summed E-state index contributed by atoms with van der Waals surface area (Å²) in [6.45, 7) is 7.83. The molecule has 1 amide bonds. The first-order chi connectivity index (χ1) is 12.8. The number of amides is 1. The Bertz CT molecular complexity index is 970. The molecule has 0 saturated heterocycles. The highest BCUT2D eigenvalue weighted by molar-refractivity contribution is 7.99. The second-order valence-electron chi connectivity index (χ2n) is 6.76. The highest BCUT2D eigenvalue weighted by Crippen LogP contribution is 2.25. The van der Waals surface area contributed by atoms with Gasteiger partial charge >= 0.3 is 0 Å². The van der Waals surface area contributed by atoms with E-state index in [2.05, 4.69) is 48.3 Å². The number of fused-ring (bicyclic) bond motifs is 1. The zero-order valence-corrected chi connectivity index (χ0v) is 17.1. The van der Waals surface area contributed by atoms with Gasteiger partial charge in [0, 0.05) is 24.6 Å². The van der Waals surface area contributed by atoms with E-state index in [4.69, 9.17) is 9.51 Å². The van der Waals surface area contributed by atoms with Crippen LogP contribution in [-0.2, 0) is 4.79 Å². The summed E-state index contributed by atoms with van der Waals surface area (Å²) in [5.74, 6) is 1.74. The van der Waals surface area contributed by atoms with E-state index in [9.17, 15) is 4.79 Å². The maximum atomic E-state index is 12.5. The van der Waals surface area contributed by atoms with Gasteiger partial charge in [-0.05, 0) is 51.5 Å². The average molecular weight is 385 g/mol. The maximum Gasteiger partial charge on any atom is 0.249 e. The molecule has 6 nitrogen and oxygen atoms in total. The lowest BCUT2D eigenvalue weighted by atomic mass is 10.1. The van der Waals surface area contributed by atoms with Crippen molar-refractivity contribution >= 4 is 28.6 Å². The van der Waals surface area contributed by atoms with E-state index in [0.29, 0.717) is 23.9 Å². The molecule has 3 rings (SSSR count). The van der Waals surface area contributed by atoms with Crippen LogP contribution in [0.5, 0.6) is 0 Å². The molecule has 0 radical (unpaired) electrons. The van der Waals surface area contributed by atoms with Crippen molar-refractivity contribution in [3.05, 3.63) is 47.1 Å². The molecule has 27 heavy (non-hydrogen) atoms. The molecule has 2 aromatic heterocycles. The van der Waals surface area contributed by atoms with Crippen molar-refractivity contribution in [2.45, 2.75) is 45.2 Å². The van der Waals surface area contributed by atoms with E-state index in [1.54, 1.807) is 30.6 Å². The molecule has 0 fully saturated rings. The summed E-state index contributed by atoms with van der Waals surface area (Å²) in [5.41, 5.74) is 3.42. The number of carbonyl (C=O) groups is 1. The van der Waals surface area contributed by atoms with E-state index in [0.717, 1.165) is 10.5 Å². The van der Waals surface area contributed by atoms with Crippen LogP contribution >= 0.6 is 11.8 Å². The molecular formula is C20H24N4O2S. The van der Waals surface area contributed by atoms with Crippen LogP contribution < -0.4 is 0 Å². The zero-order chi connectivity index (χ0) is 19.6. The van der Waals surface area contributed by atoms with E-state index in [1.165, 1.54) is 16.5 Å². The van der Waals surface area contributed by atoms with Crippen LogP contribution in [-0.4, -0.2) is 38.7 Å². The normalized spacial score (nSPS) is 12.3. The molecule has 2 heterocycles. The molecule has 0 aliphatic carbocycles. The number of hydrogen-bond acceptors (Lipinski definition) is 6. The van der Waals surface area contributed by atoms with Gasteiger partial charge in [0.1, 0.15) is 6.04 Å². The monoisotopic (exact) mass is 384 g/mol. The number of nitrogens with zero attached hydrogens (tertiary/aromatic N) is 4. The van der Waals surface area contributed by atoms with Gasteiger partial charge in [-0.15, -0.1) is 11.8 Å². The third-order valence-electron chi connectivity index (χ3n) is 4.59. The molecular weight excluding hydrogens is 360 g/mol. The van der Waals surface area contributed by atoms with Crippen molar-refractivity contribution < 1.29 is 9.32 Å². The fourth-order valence-electron chi connectivity index (χ4n) is 2.83. The number of aryl methyl sites for hydroxylation is 3. The van der Waals surface area contributed by atoms with E-state index in [1.807, 2.05) is 6.92 Å². The number of aromatic nitrogens is 3. The number of thioether (sulfide) groups is 1. The second kappa shape index (κ2) is 8.08. The number of benzene rings is 1. The van der Waals surface area contributed by atoms with Gasteiger partial charge in [0.05, 0.1) is 10.5 Å². The van der Waals surface area contributed by atoms with E-state index in [-0.39, 0.29) is 11.9 Å². The Morgan fingerprint density at radius 1 is 1.22 bits per heavy atom. The van der Waals surface area contributed by atoms with Gasteiger partial charge < -0.3 is 9.42 Å². The minimum absolute atomic E-state index is 0.0407. The van der Waals surface area contributed by atoms with Crippen LogP contribution in [0.15, 0.2) is 33.8 Å². The van der Waals surface area contributed by atoms with Gasteiger partial charge in [-0.1, -0.05) is 16.8 Å². The summed E-state index contributed by atoms with van der Waals surface area (Å²) in [6.07, 6.45) is 0.422. The smallest absolute Gasteiger partial charge is 0.249 e. The third-order valence-corrected chi connectivity index (χ3v) is 5.50. The van der Waals surface area contributed by atoms with Crippen molar-refractivity contribution in [2.24, 2.45) is 0 Å². The molecule has 0 spiro atoms. The minimum atomic E-state index is -0.243. The van der Waals surface area contributed by atoms with Gasteiger partial charge in [0.25, 0.3) is 0 Å². The van der Waals surface area contributed by atoms with E-state index < -0.39 is 0 Å². The summed E-state index contributed by atoms with van der Waals surface area (Å²) in [7, 11) is 1.76. The predicted octanol–water partition coefficient (Wildman–Crippen LogP) is 4.24. The van der Waals surface area contributed by atoms with Crippen LogP contribution in [0.2, 0.25) is 0 Å². The fourth-order valence-corrected chi connectivity index (χ4v) is 3.74. The first-order valence-electron chi connectivity index (χ1n) is 8.92. The van der Waals surface area contributed by atoms with Gasteiger partial charge in [-0.2, -0.15) is 4.98 Å². The van der Waals surface area contributed by atoms with Crippen molar-refractivity contribution in [1.82, 2.24) is 20.0 Å². The Morgan fingerprint density at radius 2 is 2.00 bits per heavy atom. The highest BCUT2D eigenvalue weighted by Gasteiger charge is 2.22. The standard InChI is InChI=1S/C20H24N4O2S/c1-12-6-7-17-16(10-12)13(2)11-18(22-17)27-9-8-19(25)24(5)14(3)20-21-15(4)23-26-20/h6-7,10-11,14H,8-9H2,1-5H3/t14-/m1/s1. The number of pyridine rings is 1. The predicted molar refractivity (Wildman–Crippen MR) is 107 cm³/mol. The number of carbonyl (C=O) groups excluding carboxylic acids is 1. The Labute approximate surface area is 163 Å². The maximum absolute atomic E-state index is 12.5. The first-order valence-corrected chi connectivity index (χ1v) is 9.90. The lowest BCUT2D eigenvalue weighted by Gasteiger charge is -2.21. The van der Waals surface area contributed by atoms with Crippen molar-refractivity contribution in [3.63, 3.8) is 0 Å². The lowest BCUT2D eigenvalue weighted by Crippen LogP contribution is -2.30. The molecule has 1 aromatic carbocycles. The quantitative estimate of drug-likeness (QED) is 0.592. The van der Waals surface area contributed by atoms with Crippen LogP contribution in [0.4, 0.5) is 0 Å². The molecule has 142 valence electrons. The molecule has 0 N–H and O–H groups in total. The van der Waals surface area contributed by atoms with Crippen LogP contribution in [0, 0.1) is 20.8 Å². The number of rotatable bonds is 6. The summed E-state index contributed by atoms with van der Waals surface area (Å²) in [6, 6.07) is 8.13. The van der Waals surface area contributed by atoms with Crippen molar-refractivity contribution in [3.8, 4) is 0 Å². The second-order valence-corrected chi connectivity index (χ2v) is 7.87. The van der Waals surface area contributed by atoms with Crippen LogP contribution in [0.25, 0.3) is 10.9 Å². The van der Waals surface area contributed by atoms with Gasteiger partial charge in [-0.25, -0.2) is 4.98 Å². The molecule has 3 aromatic rings. The largest absolute Gasteiger partial charge is 0.337 e. The van der Waals surface area contributed by atoms with Crippen molar-refractivity contribution in [1.29, 1.82) is 0 Å². The molecule has 7 heteroatoms. The molecule has 0 aliphatic rings. The molecule has 1 atom stereocenters. The van der Waals surface area contributed by atoms with Gasteiger partial charge in [0.2, 0.25) is 11.8 Å². The average Bonchev–Trinajstić information content (AvgIpc) is 3.07. The SMILES string of the molecule is Cc1ccc2nc(SCCC(=O)N(C)[C@H](C)c3nc(C)no3)cc(C)c2c1. The Balaban J connectivity index is 1.59. The third kappa shape index (κ3) is 4.47. The summed E-state index contributed by atoms with van der Waals surface area (Å²) in [5, 5.41) is 5.91. The molecule has 0 aliphatic heterocycles. The summed E-state index contributed by atoms with van der Waals surface area (Å²) >= 11 is 1.60. The fraction of sp³-hybridized carbons (Fsp3) is 0.400. The lowest BCUT2D eigenvalue weighted by molar-refractivity contribution is -0.131. The van der Waals surface area contributed by atoms with Gasteiger partial charge in [-0.3, -0.25) is 4.79 Å². The summed E-state index contributed by atoms with van der Waals surface area (Å²) in [4.78, 5) is 23.0. The molecule has 0 unspecified atom stereocenters. The zero-order valence-electron chi connectivity index (χ0n) is 16.3. The Morgan fingerprint density at radius 3 is 2.70 bits per heavy atom. The highest BCUT2D eigenvalue weighted by atomic mass is 32.2. The van der Waals surface area contributed by atoms with Gasteiger partial charge in [0.15, 0.2) is 5.82 Å². The topological polar surface area (TPSA) is 72.1 Å². The Kier molecular flexibility index (Phi) is 5.79. The molecule has 0 saturated carbocycles.